The van der Waals surface area contributed by atoms with Gasteiger partial charge < -0.3 is 9.73 Å². The first-order chi connectivity index (χ1) is 14.1. The molecule has 1 N–H and O–H groups in total. The predicted octanol–water partition coefficient (Wildman–Crippen LogP) is 3.22. The molecule has 1 aromatic heterocycles. The summed E-state index contributed by atoms with van der Waals surface area (Å²) in [6, 6.07) is 21.5. The summed E-state index contributed by atoms with van der Waals surface area (Å²) in [5.74, 6) is 0.336. The molecule has 3 rings (SSSR count). The van der Waals surface area contributed by atoms with Crippen LogP contribution in [0.3, 0.4) is 0 Å². The van der Waals surface area contributed by atoms with Gasteiger partial charge in [0, 0.05) is 19.5 Å². The molecule has 0 spiro atoms. The van der Waals surface area contributed by atoms with Crippen LogP contribution in [-0.2, 0) is 27.8 Å². The van der Waals surface area contributed by atoms with Crippen LogP contribution in [0.5, 0.6) is 0 Å². The van der Waals surface area contributed by atoms with Gasteiger partial charge in [0.25, 0.3) is 0 Å². The minimum atomic E-state index is -3.74. The second-order valence-electron chi connectivity index (χ2n) is 6.57. The number of carbonyl (C=O) groups is 1. The van der Waals surface area contributed by atoms with Crippen LogP contribution < -0.4 is 5.32 Å². The Balaban J connectivity index is 1.60. The summed E-state index contributed by atoms with van der Waals surface area (Å²) in [7, 11) is -3.74. The van der Waals surface area contributed by atoms with E-state index in [0.29, 0.717) is 12.3 Å². The van der Waals surface area contributed by atoms with Crippen molar-refractivity contribution in [3.63, 3.8) is 0 Å². The molecule has 0 atom stereocenters. The van der Waals surface area contributed by atoms with Crippen molar-refractivity contribution in [1.29, 1.82) is 0 Å². The third-order valence-electron chi connectivity index (χ3n) is 4.46. The maximum atomic E-state index is 13.0. The van der Waals surface area contributed by atoms with Crippen LogP contribution in [0.15, 0.2) is 88.4 Å². The molecule has 3 aromatic rings. The number of carbonyl (C=O) groups excluding carboxylic acids is 1. The van der Waals surface area contributed by atoms with E-state index in [1.165, 1.54) is 10.6 Å². The van der Waals surface area contributed by atoms with E-state index in [0.717, 1.165) is 12.0 Å². The number of hydrogen-bond donors (Lipinski definition) is 1. The highest BCUT2D eigenvalue weighted by Gasteiger charge is 2.25. The van der Waals surface area contributed by atoms with Gasteiger partial charge in [-0.25, -0.2) is 8.42 Å². The van der Waals surface area contributed by atoms with Crippen molar-refractivity contribution >= 4 is 15.9 Å². The summed E-state index contributed by atoms with van der Waals surface area (Å²) in [4.78, 5) is 12.4. The number of amides is 1. The first kappa shape index (κ1) is 20.8. The number of nitrogens with one attached hydrogen (secondary N) is 1. The number of rotatable bonds is 10. The molecule has 0 aliphatic heterocycles. The lowest BCUT2D eigenvalue weighted by Crippen LogP contribution is -2.35. The third-order valence-corrected chi connectivity index (χ3v) is 6.32. The highest BCUT2D eigenvalue weighted by molar-refractivity contribution is 7.89. The smallest absolute Gasteiger partial charge is 0.243 e. The van der Waals surface area contributed by atoms with Crippen LogP contribution in [-0.4, -0.2) is 31.7 Å². The predicted molar refractivity (Wildman–Crippen MR) is 111 cm³/mol. The fraction of sp³-hybridized carbons (Fsp3) is 0.227. The van der Waals surface area contributed by atoms with Gasteiger partial charge in [0.05, 0.1) is 17.7 Å². The van der Waals surface area contributed by atoms with Gasteiger partial charge in [0.1, 0.15) is 5.76 Å². The number of nitrogens with zero attached hydrogens (tertiary/aromatic N) is 1. The topological polar surface area (TPSA) is 79.6 Å². The average molecular weight is 413 g/mol. The van der Waals surface area contributed by atoms with Crippen molar-refractivity contribution in [2.24, 2.45) is 0 Å². The fourth-order valence-electron chi connectivity index (χ4n) is 2.91. The molecule has 0 saturated carbocycles. The monoisotopic (exact) mass is 412 g/mol. The third kappa shape index (κ3) is 6.04. The van der Waals surface area contributed by atoms with E-state index in [-0.39, 0.29) is 30.3 Å². The average Bonchev–Trinajstić information content (AvgIpc) is 3.26. The molecule has 7 heteroatoms. The van der Waals surface area contributed by atoms with Crippen LogP contribution in [0.25, 0.3) is 0 Å². The molecular weight excluding hydrogens is 388 g/mol. The van der Waals surface area contributed by atoms with Crippen molar-refractivity contribution < 1.29 is 17.6 Å². The molecule has 0 aliphatic carbocycles. The Bertz CT molecular complexity index is 988. The molecule has 0 aliphatic rings. The second-order valence-corrected chi connectivity index (χ2v) is 8.50. The first-order valence-corrected chi connectivity index (χ1v) is 10.9. The van der Waals surface area contributed by atoms with Gasteiger partial charge in [0.15, 0.2) is 0 Å². The standard InChI is InChI=1S/C22H24N2O4S/c25-22(23-15-13-19-8-3-1-4-9-19)14-16-24(18-20-10-7-17-28-20)29(26,27)21-11-5-2-6-12-21/h1-12,17H,13-16,18H2,(H,23,25). The Morgan fingerprint density at radius 2 is 1.62 bits per heavy atom. The van der Waals surface area contributed by atoms with E-state index in [1.807, 2.05) is 30.3 Å². The minimum absolute atomic E-state index is 0.0646. The van der Waals surface area contributed by atoms with Gasteiger partial charge >= 0.3 is 0 Å². The molecule has 0 radical (unpaired) electrons. The molecule has 0 fully saturated rings. The van der Waals surface area contributed by atoms with E-state index in [9.17, 15) is 13.2 Å². The second kappa shape index (κ2) is 10.0. The van der Waals surface area contributed by atoms with E-state index < -0.39 is 10.0 Å². The van der Waals surface area contributed by atoms with Gasteiger partial charge in [-0.2, -0.15) is 4.31 Å². The quantitative estimate of drug-likeness (QED) is 0.555. The lowest BCUT2D eigenvalue weighted by molar-refractivity contribution is -0.121. The lowest BCUT2D eigenvalue weighted by atomic mass is 10.1. The molecule has 0 saturated heterocycles. The van der Waals surface area contributed by atoms with Crippen LogP contribution in [0.4, 0.5) is 0 Å². The molecule has 1 amide bonds. The highest BCUT2D eigenvalue weighted by atomic mass is 32.2. The molecule has 6 nitrogen and oxygen atoms in total. The van der Waals surface area contributed by atoms with Crippen LogP contribution in [0.2, 0.25) is 0 Å². The summed E-state index contributed by atoms with van der Waals surface area (Å²) >= 11 is 0. The zero-order valence-electron chi connectivity index (χ0n) is 16.0. The maximum Gasteiger partial charge on any atom is 0.243 e. The summed E-state index contributed by atoms with van der Waals surface area (Å²) in [5, 5.41) is 2.85. The largest absolute Gasteiger partial charge is 0.468 e. The number of hydrogen-bond acceptors (Lipinski definition) is 4. The van der Waals surface area contributed by atoms with E-state index >= 15 is 0 Å². The van der Waals surface area contributed by atoms with Crippen molar-refractivity contribution in [3.8, 4) is 0 Å². The maximum absolute atomic E-state index is 13.0. The molecule has 0 bridgehead atoms. The molecule has 2 aromatic carbocycles. The summed E-state index contributed by atoms with van der Waals surface area (Å²) in [6.45, 7) is 0.642. The Hall–Kier alpha value is -2.90. The van der Waals surface area contributed by atoms with Gasteiger partial charge in [-0.1, -0.05) is 48.5 Å². The lowest BCUT2D eigenvalue weighted by Gasteiger charge is -2.21. The molecule has 0 unspecified atom stereocenters. The SMILES string of the molecule is O=C(CCN(Cc1ccco1)S(=O)(=O)c1ccccc1)NCCc1ccccc1. The highest BCUT2D eigenvalue weighted by Crippen LogP contribution is 2.18. The summed E-state index contributed by atoms with van der Waals surface area (Å²) in [5.41, 5.74) is 1.14. The Kier molecular flexibility index (Phi) is 7.21. The zero-order chi connectivity index (χ0) is 20.5. The number of benzene rings is 2. The Morgan fingerprint density at radius 1 is 0.931 bits per heavy atom. The number of sulfonamides is 1. The van der Waals surface area contributed by atoms with E-state index in [1.54, 1.807) is 42.5 Å². The van der Waals surface area contributed by atoms with Crippen LogP contribution in [0.1, 0.15) is 17.7 Å². The number of furan rings is 1. The minimum Gasteiger partial charge on any atom is -0.468 e. The van der Waals surface area contributed by atoms with Gasteiger partial charge in [-0.3, -0.25) is 4.79 Å². The van der Waals surface area contributed by atoms with Crippen molar-refractivity contribution in [3.05, 3.63) is 90.4 Å². The molecule has 29 heavy (non-hydrogen) atoms. The Morgan fingerprint density at radius 3 is 2.28 bits per heavy atom. The zero-order valence-corrected chi connectivity index (χ0v) is 16.8. The normalized spacial score (nSPS) is 11.5. The van der Waals surface area contributed by atoms with Crippen LogP contribution in [0, 0.1) is 0 Å². The van der Waals surface area contributed by atoms with Gasteiger partial charge in [-0.15, -0.1) is 0 Å². The summed E-state index contributed by atoms with van der Waals surface area (Å²) < 4.78 is 32.6. The van der Waals surface area contributed by atoms with Crippen molar-refractivity contribution in [2.75, 3.05) is 13.1 Å². The molecular formula is C22H24N2O4S. The van der Waals surface area contributed by atoms with E-state index in [2.05, 4.69) is 5.32 Å². The van der Waals surface area contributed by atoms with Gasteiger partial charge in [-0.05, 0) is 36.2 Å². The van der Waals surface area contributed by atoms with Crippen LogP contribution >= 0.6 is 0 Å². The van der Waals surface area contributed by atoms with E-state index in [4.69, 9.17) is 4.42 Å². The Labute approximate surface area is 171 Å². The first-order valence-electron chi connectivity index (χ1n) is 9.44. The van der Waals surface area contributed by atoms with Crippen molar-refractivity contribution in [2.45, 2.75) is 24.3 Å². The molecule has 1 heterocycles. The fourth-order valence-corrected chi connectivity index (χ4v) is 4.34. The van der Waals surface area contributed by atoms with Crippen molar-refractivity contribution in [1.82, 2.24) is 9.62 Å². The molecule has 152 valence electrons. The summed E-state index contributed by atoms with van der Waals surface area (Å²) in [6.07, 6.45) is 2.30. The van der Waals surface area contributed by atoms with Gasteiger partial charge in [0.2, 0.25) is 15.9 Å².